The van der Waals surface area contributed by atoms with E-state index in [2.05, 4.69) is 34.6 Å². The molecule has 0 aromatic heterocycles. The standard InChI is InChI=1S/C14H30/c1-6-8-9-11-14(5,7-2)12-10-13(3)4/h13H,6-12H2,1-5H3. The van der Waals surface area contributed by atoms with Crippen LogP contribution in [0.2, 0.25) is 0 Å². The SMILES string of the molecule is CCCCCC(C)(CC)CCC(C)C. The summed E-state index contributed by atoms with van der Waals surface area (Å²) in [5.74, 6) is 0.868. The maximum absolute atomic E-state index is 2.48. The summed E-state index contributed by atoms with van der Waals surface area (Å²) in [4.78, 5) is 0. The Balaban J connectivity index is 3.79. The quantitative estimate of drug-likeness (QED) is 0.457. The third-order valence-electron chi connectivity index (χ3n) is 3.56. The fraction of sp³-hybridized carbons (Fsp3) is 1.00. The van der Waals surface area contributed by atoms with Crippen molar-refractivity contribution >= 4 is 0 Å². The summed E-state index contributed by atoms with van der Waals surface area (Å²) >= 11 is 0. The van der Waals surface area contributed by atoms with Gasteiger partial charge in [0, 0.05) is 0 Å². The lowest BCUT2D eigenvalue weighted by molar-refractivity contribution is 0.233. The Hall–Kier alpha value is 0. The molecule has 0 rings (SSSR count). The summed E-state index contributed by atoms with van der Waals surface area (Å²) in [5.41, 5.74) is 0.624. The minimum Gasteiger partial charge on any atom is -0.0654 e. The summed E-state index contributed by atoms with van der Waals surface area (Å²) in [7, 11) is 0. The molecule has 1 atom stereocenters. The molecule has 0 aromatic rings. The molecule has 86 valence electrons. The van der Waals surface area contributed by atoms with Gasteiger partial charge in [-0.15, -0.1) is 0 Å². The highest BCUT2D eigenvalue weighted by molar-refractivity contribution is 4.73. The van der Waals surface area contributed by atoms with Crippen LogP contribution in [0.5, 0.6) is 0 Å². The molecule has 0 fully saturated rings. The Morgan fingerprint density at radius 3 is 2.07 bits per heavy atom. The molecule has 0 aliphatic rings. The van der Waals surface area contributed by atoms with Gasteiger partial charge in [0.05, 0.1) is 0 Å². The van der Waals surface area contributed by atoms with Gasteiger partial charge in [0.2, 0.25) is 0 Å². The van der Waals surface area contributed by atoms with Crippen molar-refractivity contribution in [2.45, 2.75) is 79.6 Å². The molecule has 0 saturated carbocycles. The van der Waals surface area contributed by atoms with Gasteiger partial charge in [0.15, 0.2) is 0 Å². The molecule has 0 N–H and O–H groups in total. The lowest BCUT2D eigenvalue weighted by atomic mass is 9.77. The van der Waals surface area contributed by atoms with Crippen molar-refractivity contribution in [3.05, 3.63) is 0 Å². The summed E-state index contributed by atoms with van der Waals surface area (Å²) in [6, 6.07) is 0. The van der Waals surface area contributed by atoms with Crippen molar-refractivity contribution in [1.82, 2.24) is 0 Å². The molecule has 0 saturated heterocycles. The highest BCUT2D eigenvalue weighted by Gasteiger charge is 2.21. The van der Waals surface area contributed by atoms with E-state index in [1.54, 1.807) is 0 Å². The minimum atomic E-state index is 0.624. The molecule has 0 heteroatoms. The molecule has 0 heterocycles. The van der Waals surface area contributed by atoms with Gasteiger partial charge in [-0.25, -0.2) is 0 Å². The highest BCUT2D eigenvalue weighted by atomic mass is 14.3. The largest absolute Gasteiger partial charge is 0.0654 e. The second-order valence-electron chi connectivity index (χ2n) is 5.55. The topological polar surface area (TPSA) is 0 Å². The molecule has 1 unspecified atom stereocenters. The first-order valence-corrected chi connectivity index (χ1v) is 6.54. The van der Waals surface area contributed by atoms with Gasteiger partial charge in [-0.1, -0.05) is 66.7 Å². The molecule has 0 radical (unpaired) electrons. The van der Waals surface area contributed by atoms with Crippen LogP contribution in [0.4, 0.5) is 0 Å². The zero-order chi connectivity index (χ0) is 11.0. The predicted molar refractivity (Wildman–Crippen MR) is 66.6 cm³/mol. The van der Waals surface area contributed by atoms with Crippen molar-refractivity contribution in [3.8, 4) is 0 Å². The number of hydrogen-bond acceptors (Lipinski definition) is 0. The Morgan fingerprint density at radius 2 is 1.64 bits per heavy atom. The number of rotatable bonds is 8. The van der Waals surface area contributed by atoms with Gasteiger partial charge in [0.1, 0.15) is 0 Å². The lowest BCUT2D eigenvalue weighted by Crippen LogP contribution is -2.16. The average Bonchev–Trinajstić information content (AvgIpc) is 2.15. The molecule has 0 aromatic carbocycles. The van der Waals surface area contributed by atoms with Crippen LogP contribution in [-0.2, 0) is 0 Å². The maximum Gasteiger partial charge on any atom is -0.0328 e. The van der Waals surface area contributed by atoms with E-state index in [0.717, 1.165) is 5.92 Å². The molecule has 0 spiro atoms. The summed E-state index contributed by atoms with van der Waals surface area (Å²) in [6.45, 7) is 11.8. The number of hydrogen-bond donors (Lipinski definition) is 0. The average molecular weight is 198 g/mol. The Morgan fingerprint density at radius 1 is 1.00 bits per heavy atom. The summed E-state index contributed by atoms with van der Waals surface area (Å²) in [5, 5.41) is 0. The summed E-state index contributed by atoms with van der Waals surface area (Å²) < 4.78 is 0. The second kappa shape index (κ2) is 7.31. The smallest absolute Gasteiger partial charge is 0.0328 e. The fourth-order valence-corrected chi connectivity index (χ4v) is 1.92. The summed E-state index contributed by atoms with van der Waals surface area (Å²) in [6.07, 6.45) is 9.80. The van der Waals surface area contributed by atoms with Gasteiger partial charge < -0.3 is 0 Å². The first-order valence-electron chi connectivity index (χ1n) is 6.54. The van der Waals surface area contributed by atoms with Gasteiger partial charge in [-0.3, -0.25) is 0 Å². The van der Waals surface area contributed by atoms with E-state index >= 15 is 0 Å². The van der Waals surface area contributed by atoms with Crippen molar-refractivity contribution in [1.29, 1.82) is 0 Å². The van der Waals surface area contributed by atoms with Gasteiger partial charge in [0.25, 0.3) is 0 Å². The number of unbranched alkanes of at least 4 members (excludes halogenated alkanes) is 2. The molecule has 14 heavy (non-hydrogen) atoms. The van der Waals surface area contributed by atoms with Crippen LogP contribution in [0.15, 0.2) is 0 Å². The monoisotopic (exact) mass is 198 g/mol. The van der Waals surface area contributed by atoms with Crippen LogP contribution in [0, 0.1) is 11.3 Å². The van der Waals surface area contributed by atoms with Crippen molar-refractivity contribution in [2.24, 2.45) is 11.3 Å². The zero-order valence-electron chi connectivity index (χ0n) is 11.0. The Kier molecular flexibility index (Phi) is 7.31. The van der Waals surface area contributed by atoms with Crippen LogP contribution >= 0.6 is 0 Å². The van der Waals surface area contributed by atoms with E-state index in [0.29, 0.717) is 5.41 Å². The van der Waals surface area contributed by atoms with E-state index in [4.69, 9.17) is 0 Å². The third-order valence-corrected chi connectivity index (χ3v) is 3.56. The van der Waals surface area contributed by atoms with E-state index in [1.807, 2.05) is 0 Å². The highest BCUT2D eigenvalue weighted by Crippen LogP contribution is 2.34. The van der Waals surface area contributed by atoms with Crippen LogP contribution in [0.25, 0.3) is 0 Å². The molecule has 0 aliphatic heterocycles. The van der Waals surface area contributed by atoms with Gasteiger partial charge >= 0.3 is 0 Å². The van der Waals surface area contributed by atoms with Crippen LogP contribution in [0.1, 0.15) is 79.6 Å². The second-order valence-corrected chi connectivity index (χ2v) is 5.55. The van der Waals surface area contributed by atoms with Crippen molar-refractivity contribution in [3.63, 3.8) is 0 Å². The predicted octanol–water partition coefficient (Wildman–Crippen LogP) is 5.42. The maximum atomic E-state index is 2.48. The Labute approximate surface area is 91.5 Å². The van der Waals surface area contributed by atoms with E-state index in [1.165, 1.54) is 44.9 Å². The van der Waals surface area contributed by atoms with Crippen LogP contribution in [0.3, 0.4) is 0 Å². The van der Waals surface area contributed by atoms with E-state index in [9.17, 15) is 0 Å². The lowest BCUT2D eigenvalue weighted by Gasteiger charge is -2.29. The van der Waals surface area contributed by atoms with E-state index in [-0.39, 0.29) is 0 Å². The molecular formula is C14H30. The molecular weight excluding hydrogens is 168 g/mol. The first kappa shape index (κ1) is 14.0. The Bertz CT molecular complexity index is 126. The van der Waals surface area contributed by atoms with Gasteiger partial charge in [-0.05, 0) is 24.2 Å². The zero-order valence-corrected chi connectivity index (χ0v) is 11.0. The van der Waals surface area contributed by atoms with E-state index < -0.39 is 0 Å². The van der Waals surface area contributed by atoms with Crippen LogP contribution in [-0.4, -0.2) is 0 Å². The first-order chi connectivity index (χ1) is 6.54. The van der Waals surface area contributed by atoms with Crippen LogP contribution < -0.4 is 0 Å². The third kappa shape index (κ3) is 6.45. The minimum absolute atomic E-state index is 0.624. The molecule has 0 bridgehead atoms. The normalized spacial score (nSPS) is 15.9. The molecule has 0 aliphatic carbocycles. The van der Waals surface area contributed by atoms with Crippen molar-refractivity contribution in [2.75, 3.05) is 0 Å². The fourth-order valence-electron chi connectivity index (χ4n) is 1.92. The van der Waals surface area contributed by atoms with Gasteiger partial charge in [-0.2, -0.15) is 0 Å². The molecule has 0 nitrogen and oxygen atoms in total. The molecule has 0 amide bonds. The van der Waals surface area contributed by atoms with Crippen molar-refractivity contribution < 1.29 is 0 Å².